The van der Waals surface area contributed by atoms with Gasteiger partial charge in [-0.15, -0.1) is 0 Å². The van der Waals surface area contributed by atoms with Crippen LogP contribution >= 0.6 is 23.2 Å². The topological polar surface area (TPSA) is 102 Å². The van der Waals surface area contributed by atoms with Gasteiger partial charge in [-0.1, -0.05) is 29.3 Å². The van der Waals surface area contributed by atoms with Gasteiger partial charge in [-0.05, 0) is 17.7 Å². The summed E-state index contributed by atoms with van der Waals surface area (Å²) < 4.78 is 2.81. The van der Waals surface area contributed by atoms with Crippen LogP contribution in [-0.2, 0) is 13.6 Å². The van der Waals surface area contributed by atoms with Crippen LogP contribution in [0.25, 0.3) is 0 Å². The van der Waals surface area contributed by atoms with Crippen LogP contribution in [0.3, 0.4) is 0 Å². The molecule has 3 aromatic rings. The Labute approximate surface area is 157 Å². The molecular weight excluding hydrogens is 381 g/mol. The number of rotatable bonds is 5. The number of carbonyl (C=O) groups is 2. The summed E-state index contributed by atoms with van der Waals surface area (Å²) in [5, 5.41) is 20.7. The predicted octanol–water partition coefficient (Wildman–Crippen LogP) is 2.92. The molecule has 1 aromatic carbocycles. The van der Waals surface area contributed by atoms with Crippen LogP contribution in [0.15, 0.2) is 36.7 Å². The highest BCUT2D eigenvalue weighted by Gasteiger charge is 2.22. The number of carboxylic acid groups (broad SMARTS) is 1. The third kappa shape index (κ3) is 3.71. The molecule has 3 rings (SSSR count). The number of hydrogen-bond donors (Lipinski definition) is 2. The Morgan fingerprint density at radius 1 is 1.23 bits per heavy atom. The van der Waals surface area contributed by atoms with E-state index in [-0.39, 0.29) is 17.1 Å². The number of anilines is 1. The lowest BCUT2D eigenvalue weighted by Gasteiger charge is -2.05. The summed E-state index contributed by atoms with van der Waals surface area (Å²) in [6, 6.07) is 6.86. The SMILES string of the molecule is Cn1ncc(C(=O)O)c1C(=O)Nc1ccn(Cc2ccc(Cl)c(Cl)c2)n1. The third-order valence-corrected chi connectivity index (χ3v) is 4.33. The number of carbonyl (C=O) groups excluding carboxylic acids is 1. The average Bonchev–Trinajstić information content (AvgIpc) is 3.17. The van der Waals surface area contributed by atoms with Crippen LogP contribution < -0.4 is 5.32 Å². The fourth-order valence-electron chi connectivity index (χ4n) is 2.38. The molecule has 2 aromatic heterocycles. The molecule has 0 aliphatic heterocycles. The van der Waals surface area contributed by atoms with E-state index in [1.54, 1.807) is 29.1 Å². The molecule has 0 bridgehead atoms. The summed E-state index contributed by atoms with van der Waals surface area (Å²) in [5.74, 6) is -1.55. The molecule has 10 heteroatoms. The van der Waals surface area contributed by atoms with Crippen LogP contribution in [0, 0.1) is 0 Å². The molecule has 0 saturated heterocycles. The fraction of sp³-hybridized carbons (Fsp3) is 0.125. The van der Waals surface area contributed by atoms with Crippen molar-refractivity contribution in [3.8, 4) is 0 Å². The normalized spacial score (nSPS) is 10.7. The molecule has 1 amide bonds. The zero-order valence-corrected chi connectivity index (χ0v) is 15.0. The second kappa shape index (κ2) is 7.19. The second-order valence-corrected chi connectivity index (χ2v) is 6.25. The first kappa shape index (κ1) is 18.0. The number of nitrogens with zero attached hydrogens (tertiary/aromatic N) is 4. The van der Waals surface area contributed by atoms with E-state index in [1.165, 1.54) is 11.7 Å². The molecule has 26 heavy (non-hydrogen) atoms. The van der Waals surface area contributed by atoms with Crippen LogP contribution in [-0.4, -0.2) is 36.5 Å². The Morgan fingerprint density at radius 3 is 2.69 bits per heavy atom. The van der Waals surface area contributed by atoms with Crippen molar-refractivity contribution < 1.29 is 14.7 Å². The molecule has 0 aliphatic rings. The maximum Gasteiger partial charge on any atom is 0.339 e. The molecule has 0 spiro atoms. The van der Waals surface area contributed by atoms with E-state index in [0.717, 1.165) is 11.8 Å². The van der Waals surface area contributed by atoms with Gasteiger partial charge in [0, 0.05) is 19.3 Å². The summed E-state index contributed by atoms with van der Waals surface area (Å²) in [4.78, 5) is 23.5. The summed E-state index contributed by atoms with van der Waals surface area (Å²) in [5.41, 5.74) is 0.650. The van der Waals surface area contributed by atoms with Gasteiger partial charge in [-0.3, -0.25) is 14.2 Å². The molecule has 0 radical (unpaired) electrons. The first-order chi connectivity index (χ1) is 12.3. The molecule has 2 N–H and O–H groups in total. The molecule has 0 saturated carbocycles. The van der Waals surface area contributed by atoms with E-state index in [9.17, 15) is 9.59 Å². The molecule has 134 valence electrons. The largest absolute Gasteiger partial charge is 0.478 e. The predicted molar refractivity (Wildman–Crippen MR) is 95.9 cm³/mol. The fourth-order valence-corrected chi connectivity index (χ4v) is 2.70. The van der Waals surface area contributed by atoms with Crippen molar-refractivity contribution in [2.75, 3.05) is 5.32 Å². The first-order valence-electron chi connectivity index (χ1n) is 7.39. The molecule has 0 fully saturated rings. The van der Waals surface area contributed by atoms with Crippen molar-refractivity contribution in [2.24, 2.45) is 7.05 Å². The third-order valence-electron chi connectivity index (χ3n) is 3.60. The lowest BCUT2D eigenvalue weighted by molar-refractivity contribution is 0.0692. The highest BCUT2D eigenvalue weighted by Crippen LogP contribution is 2.23. The van der Waals surface area contributed by atoms with Crippen molar-refractivity contribution in [2.45, 2.75) is 6.54 Å². The number of halogens is 2. The number of aryl methyl sites for hydroxylation is 1. The zero-order valence-electron chi connectivity index (χ0n) is 13.5. The highest BCUT2D eigenvalue weighted by atomic mass is 35.5. The van der Waals surface area contributed by atoms with Gasteiger partial charge in [-0.2, -0.15) is 10.2 Å². The standard InChI is InChI=1S/C16H13Cl2N5O3/c1-22-14(10(7-19-22)16(25)26)15(24)20-13-4-5-23(21-13)8-9-2-3-11(17)12(18)6-9/h2-7H,8H2,1H3,(H,25,26)(H,20,21,24). The lowest BCUT2D eigenvalue weighted by atomic mass is 10.2. The van der Waals surface area contributed by atoms with E-state index in [1.807, 2.05) is 6.07 Å². The molecule has 0 aliphatic carbocycles. The van der Waals surface area contributed by atoms with Gasteiger partial charge in [0.2, 0.25) is 0 Å². The summed E-state index contributed by atoms with van der Waals surface area (Å²) in [7, 11) is 1.49. The minimum Gasteiger partial charge on any atom is -0.478 e. The van der Waals surface area contributed by atoms with Crippen LogP contribution in [0.5, 0.6) is 0 Å². The quantitative estimate of drug-likeness (QED) is 0.693. The summed E-state index contributed by atoms with van der Waals surface area (Å²) >= 11 is 11.9. The maximum atomic E-state index is 12.4. The second-order valence-electron chi connectivity index (χ2n) is 5.44. The van der Waals surface area contributed by atoms with E-state index in [4.69, 9.17) is 28.3 Å². The Hall–Kier alpha value is -2.84. The zero-order chi connectivity index (χ0) is 18.8. The van der Waals surface area contributed by atoms with Crippen LogP contribution in [0.2, 0.25) is 10.0 Å². The molecule has 0 unspecified atom stereocenters. The molecule has 0 atom stereocenters. The highest BCUT2D eigenvalue weighted by molar-refractivity contribution is 6.42. The average molecular weight is 394 g/mol. The number of hydrogen-bond acceptors (Lipinski definition) is 4. The van der Waals surface area contributed by atoms with Gasteiger partial charge in [-0.25, -0.2) is 4.79 Å². The van der Waals surface area contributed by atoms with Crippen molar-refractivity contribution >= 4 is 40.9 Å². The van der Waals surface area contributed by atoms with Crippen molar-refractivity contribution in [3.63, 3.8) is 0 Å². The smallest absolute Gasteiger partial charge is 0.339 e. The van der Waals surface area contributed by atoms with Gasteiger partial charge < -0.3 is 10.4 Å². The monoisotopic (exact) mass is 393 g/mol. The van der Waals surface area contributed by atoms with Gasteiger partial charge in [0.25, 0.3) is 5.91 Å². The Bertz CT molecular complexity index is 996. The van der Waals surface area contributed by atoms with E-state index < -0.39 is 11.9 Å². The van der Waals surface area contributed by atoms with Gasteiger partial charge in [0.15, 0.2) is 5.82 Å². The lowest BCUT2D eigenvalue weighted by Crippen LogP contribution is -2.19. The Kier molecular flexibility index (Phi) is 4.97. The number of amides is 1. The Balaban J connectivity index is 1.74. The van der Waals surface area contributed by atoms with Gasteiger partial charge in [0.1, 0.15) is 11.3 Å². The number of aromatic nitrogens is 4. The number of carboxylic acids is 1. The Morgan fingerprint density at radius 2 is 2.00 bits per heavy atom. The van der Waals surface area contributed by atoms with Gasteiger partial charge in [0.05, 0.1) is 22.8 Å². The molecule has 8 nitrogen and oxygen atoms in total. The summed E-state index contributed by atoms with van der Waals surface area (Å²) in [6.07, 6.45) is 2.81. The summed E-state index contributed by atoms with van der Waals surface area (Å²) in [6.45, 7) is 0.429. The number of benzene rings is 1. The minimum absolute atomic E-state index is 0.0588. The number of aromatic carboxylic acids is 1. The molecular formula is C16H13Cl2N5O3. The van der Waals surface area contributed by atoms with E-state index in [2.05, 4.69) is 15.5 Å². The van der Waals surface area contributed by atoms with Crippen LogP contribution in [0.1, 0.15) is 26.4 Å². The van der Waals surface area contributed by atoms with Crippen molar-refractivity contribution in [3.05, 3.63) is 63.5 Å². The van der Waals surface area contributed by atoms with Gasteiger partial charge >= 0.3 is 5.97 Å². The molecule has 2 heterocycles. The minimum atomic E-state index is -1.23. The maximum absolute atomic E-state index is 12.4. The first-order valence-corrected chi connectivity index (χ1v) is 8.15. The van der Waals surface area contributed by atoms with Crippen LogP contribution in [0.4, 0.5) is 5.82 Å². The van der Waals surface area contributed by atoms with E-state index >= 15 is 0 Å². The van der Waals surface area contributed by atoms with Crippen molar-refractivity contribution in [1.82, 2.24) is 19.6 Å². The van der Waals surface area contributed by atoms with Crippen molar-refractivity contribution in [1.29, 1.82) is 0 Å². The van der Waals surface area contributed by atoms with E-state index in [0.29, 0.717) is 16.6 Å². The number of nitrogens with one attached hydrogen (secondary N) is 1.